The van der Waals surface area contributed by atoms with Crippen LogP contribution in [0.3, 0.4) is 0 Å². The Hall–Kier alpha value is -0.830. The fraction of sp³-hybridized carbons (Fsp3) is 0.200. The molecule has 100 valence electrons. The van der Waals surface area contributed by atoms with E-state index in [4.69, 9.17) is 27.9 Å². The molecule has 0 aliphatic carbocycles. The van der Waals surface area contributed by atoms with Gasteiger partial charge in [-0.15, -0.1) is 0 Å². The van der Waals surface area contributed by atoms with Gasteiger partial charge >= 0.3 is 0 Å². The summed E-state index contributed by atoms with van der Waals surface area (Å²) in [4.78, 5) is 0. The van der Waals surface area contributed by atoms with Gasteiger partial charge in [-0.25, -0.2) is 0 Å². The quantitative estimate of drug-likeness (QED) is 0.757. The Morgan fingerprint density at radius 3 is 2.37 bits per heavy atom. The number of benzene rings is 2. The van der Waals surface area contributed by atoms with Crippen LogP contribution < -0.4 is 4.74 Å². The summed E-state index contributed by atoms with van der Waals surface area (Å²) in [5, 5.41) is 1.03. The normalized spacial score (nSPS) is 12.2. The molecule has 0 saturated heterocycles. The molecule has 0 N–H and O–H groups in total. The Morgan fingerprint density at radius 2 is 1.74 bits per heavy atom. The van der Waals surface area contributed by atoms with Gasteiger partial charge < -0.3 is 4.74 Å². The van der Waals surface area contributed by atoms with Gasteiger partial charge in [0.05, 0.1) is 16.7 Å². The second-order valence-electron chi connectivity index (χ2n) is 4.18. The van der Waals surface area contributed by atoms with Gasteiger partial charge in [0.25, 0.3) is 0 Å². The molecular formula is C15H14Cl2OS. The van der Waals surface area contributed by atoms with Crippen molar-refractivity contribution in [3.63, 3.8) is 0 Å². The fourth-order valence-electron chi connectivity index (χ4n) is 1.74. The third-order valence-corrected chi connectivity index (χ3v) is 4.01. The molecule has 4 heteroatoms. The summed E-state index contributed by atoms with van der Waals surface area (Å²) < 4.78 is 5.76. The Kier molecular flexibility index (Phi) is 5.44. The molecule has 0 aromatic heterocycles. The number of hydrogen-bond donors (Lipinski definition) is 1. The standard InChI is InChI=1S/C15H14Cl2OS/c16-14-7-6-13(8-15(14)17)18-9-12(10-19)11-4-2-1-3-5-11/h1-8,12,19H,9-10H2. The van der Waals surface area contributed by atoms with Crippen LogP contribution in [0.15, 0.2) is 48.5 Å². The first-order valence-electron chi connectivity index (χ1n) is 5.94. The maximum Gasteiger partial charge on any atom is 0.120 e. The molecule has 0 bridgehead atoms. The minimum Gasteiger partial charge on any atom is -0.493 e. The number of thiol groups is 1. The van der Waals surface area contributed by atoms with Gasteiger partial charge in [0.15, 0.2) is 0 Å². The van der Waals surface area contributed by atoms with Crippen LogP contribution in [0.1, 0.15) is 11.5 Å². The van der Waals surface area contributed by atoms with Gasteiger partial charge in [-0.05, 0) is 17.7 Å². The van der Waals surface area contributed by atoms with Crippen LogP contribution >= 0.6 is 35.8 Å². The van der Waals surface area contributed by atoms with E-state index in [1.54, 1.807) is 12.1 Å². The van der Waals surface area contributed by atoms with Crippen molar-refractivity contribution in [2.45, 2.75) is 5.92 Å². The van der Waals surface area contributed by atoms with E-state index in [1.165, 1.54) is 5.56 Å². The van der Waals surface area contributed by atoms with Crippen molar-refractivity contribution in [1.29, 1.82) is 0 Å². The van der Waals surface area contributed by atoms with E-state index in [1.807, 2.05) is 24.3 Å². The van der Waals surface area contributed by atoms with Gasteiger partial charge in [0, 0.05) is 17.7 Å². The van der Waals surface area contributed by atoms with Crippen molar-refractivity contribution >= 4 is 35.8 Å². The molecule has 1 atom stereocenters. The highest BCUT2D eigenvalue weighted by Gasteiger charge is 2.10. The summed E-state index contributed by atoms with van der Waals surface area (Å²) >= 11 is 16.2. The minimum atomic E-state index is 0.249. The monoisotopic (exact) mass is 312 g/mol. The van der Waals surface area contributed by atoms with E-state index in [2.05, 4.69) is 24.8 Å². The molecule has 2 aromatic rings. The van der Waals surface area contributed by atoms with Crippen molar-refractivity contribution in [2.24, 2.45) is 0 Å². The molecule has 0 radical (unpaired) electrons. The fourth-order valence-corrected chi connectivity index (χ4v) is 2.35. The predicted octanol–water partition coefficient (Wildman–Crippen LogP) is 5.09. The highest BCUT2D eigenvalue weighted by atomic mass is 35.5. The molecule has 0 heterocycles. The van der Waals surface area contributed by atoms with E-state index in [9.17, 15) is 0 Å². The maximum atomic E-state index is 5.95. The van der Waals surface area contributed by atoms with Gasteiger partial charge in [0.1, 0.15) is 5.75 Å². The van der Waals surface area contributed by atoms with Crippen molar-refractivity contribution in [3.05, 3.63) is 64.1 Å². The highest BCUT2D eigenvalue weighted by Crippen LogP contribution is 2.27. The molecule has 0 fully saturated rings. The van der Waals surface area contributed by atoms with Crippen LogP contribution in [0.5, 0.6) is 5.75 Å². The largest absolute Gasteiger partial charge is 0.493 e. The first-order chi connectivity index (χ1) is 9.20. The van der Waals surface area contributed by atoms with Crippen molar-refractivity contribution < 1.29 is 4.74 Å². The Morgan fingerprint density at radius 1 is 1.00 bits per heavy atom. The van der Waals surface area contributed by atoms with Crippen molar-refractivity contribution in [3.8, 4) is 5.75 Å². The van der Waals surface area contributed by atoms with E-state index in [0.717, 1.165) is 11.5 Å². The SMILES string of the molecule is SCC(COc1ccc(Cl)c(Cl)c1)c1ccccc1. The summed E-state index contributed by atoms with van der Waals surface area (Å²) in [5.74, 6) is 1.70. The van der Waals surface area contributed by atoms with Crippen molar-refractivity contribution in [1.82, 2.24) is 0 Å². The first kappa shape index (κ1) is 14.6. The topological polar surface area (TPSA) is 9.23 Å². The zero-order valence-corrected chi connectivity index (χ0v) is 12.6. The lowest BCUT2D eigenvalue weighted by Crippen LogP contribution is -2.11. The van der Waals surface area contributed by atoms with Crippen LogP contribution in [-0.2, 0) is 0 Å². The molecule has 2 aromatic carbocycles. The number of halogens is 2. The Bertz CT molecular complexity index is 531. The summed E-state index contributed by atoms with van der Waals surface area (Å²) in [6.07, 6.45) is 0. The first-order valence-corrected chi connectivity index (χ1v) is 7.33. The van der Waals surface area contributed by atoms with E-state index in [-0.39, 0.29) is 5.92 Å². The number of hydrogen-bond acceptors (Lipinski definition) is 2. The molecule has 1 unspecified atom stereocenters. The molecule has 0 aliphatic rings. The van der Waals surface area contributed by atoms with Crippen LogP contribution in [0, 0.1) is 0 Å². The van der Waals surface area contributed by atoms with E-state index < -0.39 is 0 Å². The second kappa shape index (κ2) is 7.09. The van der Waals surface area contributed by atoms with Crippen LogP contribution in [0.4, 0.5) is 0 Å². The summed E-state index contributed by atoms with van der Waals surface area (Å²) in [7, 11) is 0. The summed E-state index contributed by atoms with van der Waals surface area (Å²) in [6.45, 7) is 0.561. The zero-order valence-electron chi connectivity index (χ0n) is 10.2. The Labute approximate surface area is 128 Å². The third-order valence-electron chi connectivity index (χ3n) is 2.83. The third kappa shape index (κ3) is 4.07. The molecule has 0 aliphatic heterocycles. The zero-order chi connectivity index (χ0) is 13.7. The molecule has 2 rings (SSSR count). The summed E-state index contributed by atoms with van der Waals surface area (Å²) in [5.41, 5.74) is 1.22. The predicted molar refractivity (Wildman–Crippen MR) is 85.0 cm³/mol. The molecule has 0 spiro atoms. The highest BCUT2D eigenvalue weighted by molar-refractivity contribution is 7.80. The second-order valence-corrected chi connectivity index (χ2v) is 5.36. The molecule has 0 amide bonds. The minimum absolute atomic E-state index is 0.249. The average molecular weight is 313 g/mol. The average Bonchev–Trinajstić information content (AvgIpc) is 2.44. The Balaban J connectivity index is 2.02. The van der Waals surface area contributed by atoms with Crippen LogP contribution in [-0.4, -0.2) is 12.4 Å². The molecular weight excluding hydrogens is 299 g/mol. The molecule has 19 heavy (non-hydrogen) atoms. The lowest BCUT2D eigenvalue weighted by molar-refractivity contribution is 0.298. The van der Waals surface area contributed by atoms with Gasteiger partial charge in [-0.1, -0.05) is 53.5 Å². The molecule has 1 nitrogen and oxygen atoms in total. The number of ether oxygens (including phenoxy) is 1. The maximum absolute atomic E-state index is 5.95. The van der Waals surface area contributed by atoms with E-state index in [0.29, 0.717) is 16.7 Å². The molecule has 0 saturated carbocycles. The van der Waals surface area contributed by atoms with Crippen LogP contribution in [0.2, 0.25) is 10.0 Å². The van der Waals surface area contributed by atoms with Crippen molar-refractivity contribution in [2.75, 3.05) is 12.4 Å². The number of rotatable bonds is 5. The lowest BCUT2D eigenvalue weighted by Gasteiger charge is -2.16. The van der Waals surface area contributed by atoms with Crippen LogP contribution in [0.25, 0.3) is 0 Å². The lowest BCUT2D eigenvalue weighted by atomic mass is 10.0. The van der Waals surface area contributed by atoms with Gasteiger partial charge in [-0.2, -0.15) is 12.6 Å². The van der Waals surface area contributed by atoms with Gasteiger partial charge in [-0.3, -0.25) is 0 Å². The van der Waals surface area contributed by atoms with Gasteiger partial charge in [0.2, 0.25) is 0 Å². The summed E-state index contributed by atoms with van der Waals surface area (Å²) in [6, 6.07) is 15.5. The smallest absolute Gasteiger partial charge is 0.120 e. The van der Waals surface area contributed by atoms with E-state index >= 15 is 0 Å².